The molecule has 0 saturated carbocycles. The molecule has 8 heteroatoms. The summed E-state index contributed by atoms with van der Waals surface area (Å²) >= 11 is 6.13. The van der Waals surface area contributed by atoms with Crippen LogP contribution in [-0.4, -0.2) is 23.8 Å². The van der Waals surface area contributed by atoms with Crippen LogP contribution in [0.15, 0.2) is 39.9 Å². The van der Waals surface area contributed by atoms with Crippen molar-refractivity contribution in [3.63, 3.8) is 0 Å². The van der Waals surface area contributed by atoms with Crippen LogP contribution in [0.25, 0.3) is 11.2 Å². The smallest absolute Gasteiger partial charge is 0.332 e. The Kier molecular flexibility index (Phi) is 3.83. The zero-order valence-electron chi connectivity index (χ0n) is 12.6. The Hall–Kier alpha value is -2.38. The molecule has 2 heterocycles. The van der Waals surface area contributed by atoms with Crippen LogP contribution in [-0.2, 0) is 20.6 Å². The molecule has 3 rings (SSSR count). The van der Waals surface area contributed by atoms with Crippen LogP contribution in [0, 0.1) is 0 Å². The van der Waals surface area contributed by atoms with Gasteiger partial charge in [-0.15, -0.1) is 0 Å². The summed E-state index contributed by atoms with van der Waals surface area (Å²) in [5, 5.41) is 10.4. The third-order valence-electron chi connectivity index (χ3n) is 3.84. The topological polar surface area (TPSA) is 82.0 Å². The fourth-order valence-electron chi connectivity index (χ4n) is 2.54. The van der Waals surface area contributed by atoms with E-state index in [9.17, 15) is 14.7 Å². The lowest BCUT2D eigenvalue weighted by atomic mass is 10.1. The number of hydrogen-bond donors (Lipinski definition) is 1. The van der Waals surface area contributed by atoms with Crippen molar-refractivity contribution in [2.75, 3.05) is 0 Å². The number of aromatic nitrogens is 4. The number of imidazole rings is 1. The van der Waals surface area contributed by atoms with Gasteiger partial charge in [-0.1, -0.05) is 30.3 Å². The largest absolute Gasteiger partial charge is 0.387 e. The summed E-state index contributed by atoms with van der Waals surface area (Å²) in [5.41, 5.74) is 0.111. The molecule has 0 fully saturated rings. The Morgan fingerprint density at radius 1 is 1.17 bits per heavy atom. The first-order valence-corrected chi connectivity index (χ1v) is 7.34. The summed E-state index contributed by atoms with van der Waals surface area (Å²) in [6.07, 6.45) is -0.854. The number of aliphatic hydroxyl groups is 1. The quantitative estimate of drug-likeness (QED) is 0.719. The van der Waals surface area contributed by atoms with Gasteiger partial charge in [0.2, 0.25) is 5.28 Å². The first-order chi connectivity index (χ1) is 10.9. The molecule has 23 heavy (non-hydrogen) atoms. The Labute approximate surface area is 136 Å². The van der Waals surface area contributed by atoms with Crippen molar-refractivity contribution in [1.82, 2.24) is 18.7 Å². The predicted molar refractivity (Wildman–Crippen MR) is 86.6 cm³/mol. The van der Waals surface area contributed by atoms with Crippen LogP contribution in [0.3, 0.4) is 0 Å². The van der Waals surface area contributed by atoms with Crippen LogP contribution in [0.4, 0.5) is 0 Å². The molecular weight excluding hydrogens is 320 g/mol. The molecule has 7 nitrogen and oxygen atoms in total. The van der Waals surface area contributed by atoms with Crippen molar-refractivity contribution < 1.29 is 5.11 Å². The lowest BCUT2D eigenvalue weighted by Crippen LogP contribution is -2.37. The fraction of sp³-hybridized carbons (Fsp3) is 0.267. The highest BCUT2D eigenvalue weighted by molar-refractivity contribution is 6.29. The van der Waals surface area contributed by atoms with Crippen molar-refractivity contribution in [3.05, 3.63) is 62.0 Å². The highest BCUT2D eigenvalue weighted by Gasteiger charge is 2.20. The SMILES string of the molecule is Cn1c(=O)c2c(nc(Cl)n2C[C@@H](O)c2ccccc2)n(C)c1=O. The summed E-state index contributed by atoms with van der Waals surface area (Å²) in [7, 11) is 2.91. The summed E-state index contributed by atoms with van der Waals surface area (Å²) in [6.45, 7) is 0.0623. The number of aliphatic hydroxyl groups excluding tert-OH is 1. The maximum absolute atomic E-state index is 12.4. The fourth-order valence-corrected chi connectivity index (χ4v) is 2.77. The molecular formula is C15H15ClN4O3. The summed E-state index contributed by atoms with van der Waals surface area (Å²) in [4.78, 5) is 28.4. The molecule has 1 N–H and O–H groups in total. The number of aryl methyl sites for hydroxylation is 1. The van der Waals surface area contributed by atoms with Gasteiger partial charge < -0.3 is 9.67 Å². The molecule has 1 atom stereocenters. The average Bonchev–Trinajstić information content (AvgIpc) is 2.88. The molecule has 0 bridgehead atoms. The predicted octanol–water partition coefficient (Wildman–Crippen LogP) is 0.821. The Morgan fingerprint density at radius 3 is 2.48 bits per heavy atom. The summed E-state index contributed by atoms with van der Waals surface area (Å²) in [6, 6.07) is 9.04. The maximum Gasteiger partial charge on any atom is 0.332 e. The van der Waals surface area contributed by atoms with Gasteiger partial charge in [-0.25, -0.2) is 4.79 Å². The van der Waals surface area contributed by atoms with Crippen LogP contribution in [0.1, 0.15) is 11.7 Å². The van der Waals surface area contributed by atoms with E-state index in [-0.39, 0.29) is 23.0 Å². The number of fused-ring (bicyclic) bond motifs is 1. The Balaban J connectivity index is 2.17. The first kappa shape index (κ1) is 15.5. The molecule has 0 spiro atoms. The minimum absolute atomic E-state index is 0.0493. The molecule has 0 aliphatic heterocycles. The zero-order valence-corrected chi connectivity index (χ0v) is 13.4. The number of nitrogens with zero attached hydrogens (tertiary/aromatic N) is 4. The third kappa shape index (κ3) is 2.47. The normalized spacial score (nSPS) is 12.7. The van der Waals surface area contributed by atoms with Crippen LogP contribution in [0.2, 0.25) is 5.28 Å². The van der Waals surface area contributed by atoms with Crippen LogP contribution < -0.4 is 11.2 Å². The monoisotopic (exact) mass is 334 g/mol. The Bertz CT molecular complexity index is 988. The van der Waals surface area contributed by atoms with E-state index >= 15 is 0 Å². The molecule has 120 valence electrons. The van der Waals surface area contributed by atoms with E-state index < -0.39 is 17.4 Å². The van der Waals surface area contributed by atoms with E-state index in [2.05, 4.69) is 4.98 Å². The highest BCUT2D eigenvalue weighted by Crippen LogP contribution is 2.21. The van der Waals surface area contributed by atoms with Crippen molar-refractivity contribution in [2.45, 2.75) is 12.6 Å². The number of hydrogen-bond acceptors (Lipinski definition) is 4. The molecule has 1 aromatic carbocycles. The van der Waals surface area contributed by atoms with Gasteiger partial charge in [0, 0.05) is 14.1 Å². The second kappa shape index (κ2) is 5.68. The van der Waals surface area contributed by atoms with Gasteiger partial charge in [-0.2, -0.15) is 4.98 Å². The molecule has 0 unspecified atom stereocenters. The van der Waals surface area contributed by atoms with Gasteiger partial charge in [0.25, 0.3) is 5.56 Å². The number of rotatable bonds is 3. The first-order valence-electron chi connectivity index (χ1n) is 6.96. The maximum atomic E-state index is 12.4. The molecule has 2 aromatic heterocycles. The molecule has 0 aliphatic carbocycles. The van der Waals surface area contributed by atoms with Crippen LogP contribution >= 0.6 is 11.6 Å². The van der Waals surface area contributed by atoms with E-state index in [1.54, 1.807) is 12.1 Å². The standard InChI is InChI=1S/C15H15ClN4O3/c1-18-12-11(13(22)19(2)15(18)23)20(14(16)17-12)8-10(21)9-6-4-3-5-7-9/h3-7,10,21H,8H2,1-2H3/t10-/m1/s1. The average molecular weight is 335 g/mol. The van der Waals surface area contributed by atoms with Crippen molar-refractivity contribution in [1.29, 1.82) is 0 Å². The highest BCUT2D eigenvalue weighted by atomic mass is 35.5. The van der Waals surface area contributed by atoms with Crippen molar-refractivity contribution in [2.24, 2.45) is 14.1 Å². The third-order valence-corrected chi connectivity index (χ3v) is 4.13. The van der Waals surface area contributed by atoms with Gasteiger partial charge in [0.05, 0.1) is 12.6 Å². The van der Waals surface area contributed by atoms with Crippen molar-refractivity contribution in [3.8, 4) is 0 Å². The summed E-state index contributed by atoms with van der Waals surface area (Å²) < 4.78 is 3.68. The van der Waals surface area contributed by atoms with Crippen LogP contribution in [0.5, 0.6) is 0 Å². The summed E-state index contributed by atoms with van der Waals surface area (Å²) in [5.74, 6) is 0. The minimum Gasteiger partial charge on any atom is -0.387 e. The van der Waals surface area contributed by atoms with E-state index in [4.69, 9.17) is 11.6 Å². The van der Waals surface area contributed by atoms with Gasteiger partial charge in [0.15, 0.2) is 11.2 Å². The second-order valence-electron chi connectivity index (χ2n) is 5.30. The molecule has 0 amide bonds. The lowest BCUT2D eigenvalue weighted by molar-refractivity contribution is 0.158. The molecule has 0 aliphatic rings. The second-order valence-corrected chi connectivity index (χ2v) is 5.63. The molecule has 0 saturated heterocycles. The number of halogens is 1. The van der Waals surface area contributed by atoms with Crippen molar-refractivity contribution >= 4 is 22.8 Å². The number of benzene rings is 1. The van der Waals surface area contributed by atoms with E-state index in [1.807, 2.05) is 18.2 Å². The Morgan fingerprint density at radius 2 is 1.83 bits per heavy atom. The zero-order chi connectivity index (χ0) is 16.7. The van der Waals surface area contributed by atoms with Gasteiger partial charge in [0.1, 0.15) is 0 Å². The van der Waals surface area contributed by atoms with E-state index in [0.29, 0.717) is 5.56 Å². The molecule has 0 radical (unpaired) electrons. The lowest BCUT2D eigenvalue weighted by Gasteiger charge is -2.13. The van der Waals surface area contributed by atoms with Gasteiger partial charge in [-0.3, -0.25) is 13.9 Å². The van der Waals surface area contributed by atoms with E-state index in [0.717, 1.165) is 4.57 Å². The van der Waals surface area contributed by atoms with Gasteiger partial charge in [-0.05, 0) is 17.2 Å². The minimum atomic E-state index is -0.854. The van der Waals surface area contributed by atoms with E-state index in [1.165, 1.54) is 23.2 Å². The molecule has 3 aromatic rings. The van der Waals surface area contributed by atoms with Gasteiger partial charge >= 0.3 is 5.69 Å².